The van der Waals surface area contributed by atoms with Gasteiger partial charge in [-0.25, -0.2) is 4.79 Å². The van der Waals surface area contributed by atoms with Crippen LogP contribution < -0.4 is 0 Å². The number of hydrogen-bond donors (Lipinski definition) is 0. The second-order valence-corrected chi connectivity index (χ2v) is 6.53. The van der Waals surface area contributed by atoms with Gasteiger partial charge in [0.15, 0.2) is 0 Å². The van der Waals surface area contributed by atoms with Gasteiger partial charge in [0.2, 0.25) is 0 Å². The number of carbonyl (C=O) groups is 1. The molecule has 0 amide bonds. The van der Waals surface area contributed by atoms with Crippen LogP contribution in [0.15, 0.2) is 103 Å². The fourth-order valence-electron chi connectivity index (χ4n) is 3.30. The van der Waals surface area contributed by atoms with Crippen LogP contribution in [0.3, 0.4) is 0 Å². The van der Waals surface area contributed by atoms with Crippen LogP contribution in [0, 0.1) is 0 Å². The fraction of sp³-hybridized carbons (Fsp3) is 0.0385. The summed E-state index contributed by atoms with van der Waals surface area (Å²) in [5.74, 6) is -0.351. The zero-order chi connectivity index (χ0) is 19.2. The summed E-state index contributed by atoms with van der Waals surface area (Å²) in [4.78, 5) is 12.3. The maximum absolute atomic E-state index is 12.3. The maximum Gasteiger partial charge on any atom is 0.331 e. The number of benzene rings is 4. The van der Waals surface area contributed by atoms with Crippen LogP contribution >= 0.6 is 0 Å². The van der Waals surface area contributed by atoms with Crippen molar-refractivity contribution in [2.24, 2.45) is 0 Å². The van der Waals surface area contributed by atoms with E-state index >= 15 is 0 Å². The van der Waals surface area contributed by atoms with E-state index in [0.29, 0.717) is 0 Å². The van der Waals surface area contributed by atoms with Crippen LogP contribution in [0.4, 0.5) is 0 Å². The van der Waals surface area contributed by atoms with Crippen molar-refractivity contribution in [2.45, 2.75) is 6.61 Å². The number of hydrogen-bond acceptors (Lipinski definition) is 2. The first kappa shape index (κ1) is 17.7. The molecule has 0 fully saturated rings. The van der Waals surface area contributed by atoms with Gasteiger partial charge < -0.3 is 4.74 Å². The van der Waals surface area contributed by atoms with Gasteiger partial charge in [-0.3, -0.25) is 0 Å². The summed E-state index contributed by atoms with van der Waals surface area (Å²) in [5, 5.41) is 2.25. The van der Waals surface area contributed by atoms with Crippen molar-refractivity contribution in [1.82, 2.24) is 0 Å². The first-order valence-electron chi connectivity index (χ1n) is 9.27. The van der Waals surface area contributed by atoms with Crippen LogP contribution in [-0.2, 0) is 16.1 Å². The van der Waals surface area contributed by atoms with E-state index in [2.05, 4.69) is 30.3 Å². The summed E-state index contributed by atoms with van der Waals surface area (Å²) in [7, 11) is 0. The molecule has 0 aromatic heterocycles. The third-order valence-electron chi connectivity index (χ3n) is 4.69. The van der Waals surface area contributed by atoms with E-state index in [0.717, 1.165) is 33.0 Å². The molecule has 0 radical (unpaired) electrons. The van der Waals surface area contributed by atoms with Crippen molar-refractivity contribution in [3.05, 3.63) is 114 Å². The van der Waals surface area contributed by atoms with Crippen molar-refractivity contribution >= 4 is 22.8 Å². The third-order valence-corrected chi connectivity index (χ3v) is 4.69. The first-order valence-corrected chi connectivity index (χ1v) is 9.27. The minimum absolute atomic E-state index is 0.255. The molecule has 2 heteroatoms. The topological polar surface area (TPSA) is 26.3 Å². The molecule has 4 aromatic rings. The number of fused-ring (bicyclic) bond motifs is 1. The summed E-state index contributed by atoms with van der Waals surface area (Å²) in [6.45, 7) is 0.255. The Labute approximate surface area is 164 Å². The first-order chi connectivity index (χ1) is 13.8. The Hall–Kier alpha value is -3.65. The Morgan fingerprint density at radius 1 is 0.750 bits per heavy atom. The van der Waals surface area contributed by atoms with Crippen molar-refractivity contribution in [3.63, 3.8) is 0 Å². The molecule has 0 unspecified atom stereocenters. The summed E-state index contributed by atoms with van der Waals surface area (Å²) >= 11 is 0. The third kappa shape index (κ3) is 4.02. The van der Waals surface area contributed by atoms with E-state index in [1.807, 2.05) is 72.8 Å². The molecule has 0 saturated carbocycles. The van der Waals surface area contributed by atoms with E-state index in [1.54, 1.807) is 0 Å². The van der Waals surface area contributed by atoms with Gasteiger partial charge in [-0.05, 0) is 39.1 Å². The molecule has 0 aliphatic carbocycles. The zero-order valence-corrected chi connectivity index (χ0v) is 15.4. The molecule has 136 valence electrons. The molecule has 0 heterocycles. The zero-order valence-electron chi connectivity index (χ0n) is 15.4. The van der Waals surface area contributed by atoms with Crippen molar-refractivity contribution < 1.29 is 9.53 Å². The SMILES string of the molecule is O=C(/C=C/c1ccccc1-c1ccccc1)OCc1cccc2ccccc12. The van der Waals surface area contributed by atoms with Crippen molar-refractivity contribution in [1.29, 1.82) is 0 Å². The second kappa shape index (κ2) is 8.36. The van der Waals surface area contributed by atoms with Crippen LogP contribution in [-0.4, -0.2) is 5.97 Å². The maximum atomic E-state index is 12.3. The van der Waals surface area contributed by atoms with Crippen molar-refractivity contribution in [2.75, 3.05) is 0 Å². The predicted octanol–water partition coefficient (Wildman–Crippen LogP) is 6.26. The van der Waals surface area contributed by atoms with Gasteiger partial charge >= 0.3 is 5.97 Å². The number of carbonyl (C=O) groups excluding carboxylic acids is 1. The van der Waals surface area contributed by atoms with Gasteiger partial charge in [-0.15, -0.1) is 0 Å². The summed E-state index contributed by atoms with van der Waals surface area (Å²) < 4.78 is 5.48. The molecule has 0 spiro atoms. The van der Waals surface area contributed by atoms with Gasteiger partial charge in [-0.2, -0.15) is 0 Å². The number of rotatable bonds is 5. The number of ether oxygens (including phenoxy) is 1. The molecule has 0 bridgehead atoms. The largest absolute Gasteiger partial charge is 0.458 e. The number of esters is 1. The molecule has 28 heavy (non-hydrogen) atoms. The average molecular weight is 364 g/mol. The summed E-state index contributed by atoms with van der Waals surface area (Å²) in [6, 6.07) is 32.3. The van der Waals surface area contributed by atoms with E-state index in [1.165, 1.54) is 6.08 Å². The standard InChI is InChI=1S/C26H20O2/c27-26(28-19-23-14-8-13-21-11-4-7-16-25(21)23)18-17-22-12-5-6-15-24(22)20-9-2-1-3-10-20/h1-18H,19H2/b18-17+. The molecule has 0 N–H and O–H groups in total. The van der Waals surface area contributed by atoms with Gasteiger partial charge in [0.1, 0.15) is 6.61 Å². The van der Waals surface area contributed by atoms with Crippen LogP contribution in [0.5, 0.6) is 0 Å². The lowest BCUT2D eigenvalue weighted by Gasteiger charge is -2.07. The predicted molar refractivity (Wildman–Crippen MR) is 115 cm³/mol. The Morgan fingerprint density at radius 2 is 1.46 bits per heavy atom. The Kier molecular flexibility index (Phi) is 5.30. The molecular formula is C26H20O2. The second-order valence-electron chi connectivity index (χ2n) is 6.53. The molecule has 0 aliphatic heterocycles. The lowest BCUT2D eigenvalue weighted by atomic mass is 9.99. The average Bonchev–Trinajstić information content (AvgIpc) is 2.77. The van der Waals surface area contributed by atoms with E-state index in [-0.39, 0.29) is 12.6 Å². The fourth-order valence-corrected chi connectivity index (χ4v) is 3.30. The molecule has 0 atom stereocenters. The minimum Gasteiger partial charge on any atom is -0.458 e. The quantitative estimate of drug-likeness (QED) is 0.308. The van der Waals surface area contributed by atoms with Crippen LogP contribution in [0.2, 0.25) is 0 Å². The molecule has 4 rings (SSSR count). The summed E-state index contributed by atoms with van der Waals surface area (Å²) in [6.07, 6.45) is 3.31. The Morgan fingerprint density at radius 3 is 2.36 bits per heavy atom. The van der Waals surface area contributed by atoms with Crippen molar-refractivity contribution in [3.8, 4) is 11.1 Å². The van der Waals surface area contributed by atoms with Crippen LogP contribution in [0.1, 0.15) is 11.1 Å². The smallest absolute Gasteiger partial charge is 0.331 e. The monoisotopic (exact) mass is 364 g/mol. The highest BCUT2D eigenvalue weighted by Gasteiger charge is 2.05. The summed E-state index contributed by atoms with van der Waals surface area (Å²) in [5.41, 5.74) is 4.19. The van der Waals surface area contributed by atoms with Gasteiger partial charge in [0.05, 0.1) is 0 Å². The molecule has 0 aliphatic rings. The van der Waals surface area contributed by atoms with E-state index in [4.69, 9.17) is 4.74 Å². The highest BCUT2D eigenvalue weighted by molar-refractivity contribution is 5.90. The van der Waals surface area contributed by atoms with Gasteiger partial charge in [-0.1, -0.05) is 97.1 Å². The molecular weight excluding hydrogens is 344 g/mol. The van der Waals surface area contributed by atoms with Gasteiger partial charge in [0, 0.05) is 6.08 Å². The highest BCUT2D eigenvalue weighted by atomic mass is 16.5. The molecule has 4 aromatic carbocycles. The highest BCUT2D eigenvalue weighted by Crippen LogP contribution is 2.24. The van der Waals surface area contributed by atoms with Gasteiger partial charge in [0.25, 0.3) is 0 Å². The Balaban J connectivity index is 1.48. The minimum atomic E-state index is -0.351. The van der Waals surface area contributed by atoms with Crippen LogP contribution in [0.25, 0.3) is 28.0 Å². The normalized spacial score (nSPS) is 11.0. The molecule has 0 saturated heterocycles. The lowest BCUT2D eigenvalue weighted by molar-refractivity contribution is -0.138. The lowest BCUT2D eigenvalue weighted by Crippen LogP contribution is -2.01. The van der Waals surface area contributed by atoms with E-state index in [9.17, 15) is 4.79 Å². The Bertz CT molecular complexity index is 1120. The molecule has 2 nitrogen and oxygen atoms in total. The van der Waals surface area contributed by atoms with E-state index < -0.39 is 0 Å².